The van der Waals surface area contributed by atoms with Crippen molar-refractivity contribution < 1.29 is 19.5 Å². The van der Waals surface area contributed by atoms with E-state index in [-0.39, 0.29) is 30.6 Å². The van der Waals surface area contributed by atoms with Crippen molar-refractivity contribution in [1.82, 2.24) is 10.6 Å². The quantitative estimate of drug-likeness (QED) is 0.229. The minimum absolute atomic E-state index is 0.0265. The van der Waals surface area contributed by atoms with Crippen molar-refractivity contribution >= 4 is 23.7 Å². The van der Waals surface area contributed by atoms with Gasteiger partial charge in [-0.25, -0.2) is 9.79 Å². The number of hydrogen-bond donors (Lipinski definition) is 4. The lowest BCUT2D eigenvalue weighted by Crippen LogP contribution is -2.39. The number of carbonyl (C=O) groups is 3. The molecule has 32 heavy (non-hydrogen) atoms. The van der Waals surface area contributed by atoms with Crippen molar-refractivity contribution in [2.24, 2.45) is 10.7 Å². The number of nitrogens with zero attached hydrogens (tertiary/aromatic N) is 1. The number of carboxylic acids is 1. The molecule has 0 radical (unpaired) electrons. The fourth-order valence-electron chi connectivity index (χ4n) is 3.09. The van der Waals surface area contributed by atoms with E-state index in [1.54, 1.807) is 0 Å². The molecule has 0 saturated carbocycles. The standard InChI is InChI=1S/C24H30N4O4/c25-24(27-20(23(31)32)16-18-10-4-1-5-11-18)28-21(29)14-8-3-9-15-26-22(30)17-19-12-6-2-7-13-19/h1-2,4-7,10-13,20H,3,8-9,14-17H2,(H,26,30)(H,31,32)(H3,25,27,28,29)/t20-/m0/s1. The maximum absolute atomic E-state index is 12.0. The number of guanidine groups is 1. The Morgan fingerprint density at radius 3 is 2.12 bits per heavy atom. The van der Waals surface area contributed by atoms with Crippen LogP contribution in [-0.2, 0) is 27.2 Å². The second-order valence-electron chi connectivity index (χ2n) is 7.43. The van der Waals surface area contributed by atoms with E-state index < -0.39 is 12.0 Å². The van der Waals surface area contributed by atoms with E-state index in [1.807, 2.05) is 60.7 Å². The molecule has 1 atom stereocenters. The zero-order valence-electron chi connectivity index (χ0n) is 18.0. The molecule has 0 aliphatic carbocycles. The monoisotopic (exact) mass is 438 g/mol. The molecule has 8 nitrogen and oxygen atoms in total. The van der Waals surface area contributed by atoms with E-state index >= 15 is 0 Å². The molecule has 0 heterocycles. The molecule has 0 aliphatic heterocycles. The number of nitrogens with two attached hydrogens (primary N) is 1. The van der Waals surface area contributed by atoms with E-state index in [0.717, 1.165) is 24.0 Å². The summed E-state index contributed by atoms with van der Waals surface area (Å²) in [6.07, 6.45) is 2.92. The lowest BCUT2D eigenvalue weighted by atomic mass is 10.1. The average molecular weight is 439 g/mol. The first-order valence-corrected chi connectivity index (χ1v) is 10.6. The van der Waals surface area contributed by atoms with Gasteiger partial charge in [0.25, 0.3) is 0 Å². The van der Waals surface area contributed by atoms with Gasteiger partial charge >= 0.3 is 5.97 Å². The summed E-state index contributed by atoms with van der Waals surface area (Å²) in [5.41, 5.74) is 7.51. The molecular formula is C24H30N4O4. The molecule has 2 amide bonds. The molecule has 0 saturated heterocycles. The summed E-state index contributed by atoms with van der Waals surface area (Å²) in [7, 11) is 0. The van der Waals surface area contributed by atoms with E-state index in [9.17, 15) is 19.5 Å². The molecule has 0 aliphatic rings. The molecule has 8 heteroatoms. The second-order valence-corrected chi connectivity index (χ2v) is 7.43. The fourth-order valence-corrected chi connectivity index (χ4v) is 3.09. The minimum atomic E-state index is -1.11. The van der Waals surface area contributed by atoms with Gasteiger partial charge in [0.15, 0.2) is 12.0 Å². The van der Waals surface area contributed by atoms with E-state index in [0.29, 0.717) is 19.4 Å². The highest BCUT2D eigenvalue weighted by molar-refractivity contribution is 5.97. The maximum atomic E-state index is 12.0. The van der Waals surface area contributed by atoms with Crippen LogP contribution in [0.25, 0.3) is 0 Å². The average Bonchev–Trinajstić information content (AvgIpc) is 2.77. The van der Waals surface area contributed by atoms with Crippen LogP contribution in [0, 0.1) is 0 Å². The van der Waals surface area contributed by atoms with Gasteiger partial charge < -0.3 is 16.2 Å². The van der Waals surface area contributed by atoms with Crippen molar-refractivity contribution in [3.05, 3.63) is 71.8 Å². The number of nitrogens with one attached hydrogen (secondary N) is 2. The number of aliphatic imine (C=N–C) groups is 1. The predicted molar refractivity (Wildman–Crippen MR) is 123 cm³/mol. The van der Waals surface area contributed by atoms with Crippen LogP contribution < -0.4 is 16.4 Å². The minimum Gasteiger partial charge on any atom is -0.480 e. The van der Waals surface area contributed by atoms with Gasteiger partial charge in [-0.2, -0.15) is 0 Å². The van der Waals surface area contributed by atoms with Crippen molar-refractivity contribution in [2.45, 2.75) is 44.6 Å². The fraction of sp³-hybridized carbons (Fsp3) is 0.333. The number of amides is 2. The van der Waals surface area contributed by atoms with Crippen LogP contribution in [0.5, 0.6) is 0 Å². The van der Waals surface area contributed by atoms with E-state index in [4.69, 9.17) is 5.73 Å². The third kappa shape index (κ3) is 9.88. The largest absolute Gasteiger partial charge is 0.480 e. The maximum Gasteiger partial charge on any atom is 0.328 e. The van der Waals surface area contributed by atoms with Crippen molar-refractivity contribution in [3.63, 3.8) is 0 Å². The molecule has 0 aromatic heterocycles. The molecule has 0 fully saturated rings. The molecule has 170 valence electrons. The Labute approximate surface area is 187 Å². The van der Waals surface area contributed by atoms with Crippen LogP contribution >= 0.6 is 0 Å². The van der Waals surface area contributed by atoms with E-state index in [1.165, 1.54) is 0 Å². The highest BCUT2D eigenvalue weighted by Gasteiger charge is 2.18. The smallest absolute Gasteiger partial charge is 0.328 e. The summed E-state index contributed by atoms with van der Waals surface area (Å²) in [6.45, 7) is 0.552. The number of carboxylic acid groups (broad SMARTS) is 1. The topological polar surface area (TPSA) is 134 Å². The number of benzene rings is 2. The van der Waals surface area contributed by atoms with Crippen LogP contribution in [0.3, 0.4) is 0 Å². The summed E-state index contributed by atoms with van der Waals surface area (Å²) in [5.74, 6) is -1.66. The van der Waals surface area contributed by atoms with Crippen molar-refractivity contribution in [2.75, 3.05) is 6.54 Å². The van der Waals surface area contributed by atoms with Crippen LogP contribution in [-0.4, -0.2) is 41.4 Å². The number of unbranched alkanes of at least 4 members (excludes halogenated alkanes) is 2. The Balaban J connectivity index is 1.63. The first-order chi connectivity index (χ1) is 15.4. The van der Waals surface area contributed by atoms with Gasteiger partial charge in [-0.1, -0.05) is 67.1 Å². The van der Waals surface area contributed by atoms with Crippen LogP contribution in [0.4, 0.5) is 0 Å². The van der Waals surface area contributed by atoms with Gasteiger partial charge in [-0.15, -0.1) is 0 Å². The van der Waals surface area contributed by atoms with Crippen molar-refractivity contribution in [3.8, 4) is 0 Å². The second kappa shape index (κ2) is 13.6. The molecular weight excluding hydrogens is 408 g/mol. The Kier molecular flexibility index (Phi) is 10.4. The van der Waals surface area contributed by atoms with Gasteiger partial charge in [0.05, 0.1) is 6.42 Å². The van der Waals surface area contributed by atoms with Crippen LogP contribution in [0.2, 0.25) is 0 Å². The Morgan fingerprint density at radius 2 is 1.50 bits per heavy atom. The summed E-state index contributed by atoms with van der Waals surface area (Å²) < 4.78 is 0. The molecule has 5 N–H and O–H groups in total. The van der Waals surface area contributed by atoms with Gasteiger partial charge in [-0.05, 0) is 24.0 Å². The van der Waals surface area contributed by atoms with Gasteiger partial charge in [-0.3, -0.25) is 14.9 Å². The van der Waals surface area contributed by atoms with Gasteiger partial charge in [0.1, 0.15) is 0 Å². The number of carbonyl (C=O) groups excluding carboxylic acids is 2. The Bertz CT molecular complexity index is 901. The Hall–Kier alpha value is -3.68. The first-order valence-electron chi connectivity index (χ1n) is 10.6. The zero-order valence-corrected chi connectivity index (χ0v) is 18.0. The van der Waals surface area contributed by atoms with E-state index in [2.05, 4.69) is 15.6 Å². The normalized spacial score (nSPS) is 12.1. The molecule has 0 spiro atoms. The summed E-state index contributed by atoms with van der Waals surface area (Å²) in [4.78, 5) is 39.3. The third-order valence-electron chi connectivity index (χ3n) is 4.73. The lowest BCUT2D eigenvalue weighted by molar-refractivity contribution is -0.138. The first kappa shape index (κ1) is 24.6. The molecule has 2 aromatic rings. The number of aliphatic carboxylic acids is 1. The van der Waals surface area contributed by atoms with Gasteiger partial charge in [0.2, 0.25) is 11.8 Å². The Morgan fingerprint density at radius 1 is 0.875 bits per heavy atom. The van der Waals surface area contributed by atoms with Crippen LogP contribution in [0.15, 0.2) is 65.7 Å². The molecule has 0 bridgehead atoms. The van der Waals surface area contributed by atoms with Crippen LogP contribution in [0.1, 0.15) is 36.8 Å². The number of rotatable bonds is 12. The highest BCUT2D eigenvalue weighted by atomic mass is 16.4. The number of hydrogen-bond acceptors (Lipinski definition) is 4. The molecule has 2 aromatic carbocycles. The summed E-state index contributed by atoms with van der Waals surface area (Å²) in [6, 6.07) is 17.6. The highest BCUT2D eigenvalue weighted by Crippen LogP contribution is 2.06. The third-order valence-corrected chi connectivity index (χ3v) is 4.73. The van der Waals surface area contributed by atoms with Crippen molar-refractivity contribution in [1.29, 1.82) is 0 Å². The van der Waals surface area contributed by atoms with Gasteiger partial charge in [0, 0.05) is 19.4 Å². The lowest BCUT2D eigenvalue weighted by Gasteiger charge is -2.10. The SMILES string of the molecule is NC(=N[C@@H](Cc1ccccc1)C(=O)O)NC(=O)CCCCCNC(=O)Cc1ccccc1. The predicted octanol–water partition coefficient (Wildman–Crippen LogP) is 2.03. The molecule has 0 unspecified atom stereocenters. The molecule has 2 rings (SSSR count). The summed E-state index contributed by atoms with van der Waals surface area (Å²) in [5, 5.41) is 14.7. The zero-order chi connectivity index (χ0) is 23.2. The summed E-state index contributed by atoms with van der Waals surface area (Å²) >= 11 is 0.